The third-order valence-corrected chi connectivity index (χ3v) is 2.31. The highest BCUT2D eigenvalue weighted by Crippen LogP contribution is 2.38. The summed E-state index contributed by atoms with van der Waals surface area (Å²) in [4.78, 5) is 0. The predicted octanol–water partition coefficient (Wildman–Crippen LogP) is 2.20. The number of hydrogen-bond acceptors (Lipinski definition) is 3. The van der Waals surface area contributed by atoms with Gasteiger partial charge in [0.25, 0.3) is 0 Å². The van der Waals surface area contributed by atoms with E-state index in [2.05, 4.69) is 0 Å². The SMILES string of the molecule is CC(O)(c1cc(C#N)cc(C#N)c1)C(F)(F)F. The molecule has 0 aliphatic heterocycles. The van der Waals surface area contributed by atoms with Gasteiger partial charge in [-0.15, -0.1) is 0 Å². The largest absolute Gasteiger partial charge is 0.421 e. The number of aliphatic hydroxyl groups is 1. The molecular formula is C11H7F3N2O. The molecule has 1 aromatic rings. The molecule has 1 N–H and O–H groups in total. The van der Waals surface area contributed by atoms with Crippen molar-refractivity contribution in [3.8, 4) is 12.1 Å². The Bertz CT molecular complexity index is 489. The van der Waals surface area contributed by atoms with Gasteiger partial charge in [-0.2, -0.15) is 23.7 Å². The van der Waals surface area contributed by atoms with Gasteiger partial charge in [-0.1, -0.05) is 0 Å². The highest BCUT2D eigenvalue weighted by Gasteiger charge is 2.51. The third-order valence-electron chi connectivity index (χ3n) is 2.31. The van der Waals surface area contributed by atoms with Crippen LogP contribution in [-0.2, 0) is 5.60 Å². The lowest BCUT2D eigenvalue weighted by Gasteiger charge is -2.26. The van der Waals surface area contributed by atoms with Gasteiger partial charge in [0.2, 0.25) is 0 Å². The highest BCUT2D eigenvalue weighted by atomic mass is 19.4. The third kappa shape index (κ3) is 2.38. The van der Waals surface area contributed by atoms with E-state index in [-0.39, 0.29) is 11.1 Å². The number of alkyl halides is 3. The van der Waals surface area contributed by atoms with Crippen molar-refractivity contribution >= 4 is 0 Å². The summed E-state index contributed by atoms with van der Waals surface area (Å²) in [5.74, 6) is 0. The van der Waals surface area contributed by atoms with Crippen molar-refractivity contribution in [3.05, 3.63) is 34.9 Å². The zero-order chi connectivity index (χ0) is 13.3. The van der Waals surface area contributed by atoms with Crippen LogP contribution < -0.4 is 0 Å². The maximum Gasteiger partial charge on any atom is 0.421 e. The average Bonchev–Trinajstić information content (AvgIpc) is 2.26. The quantitative estimate of drug-likeness (QED) is 0.818. The van der Waals surface area contributed by atoms with Gasteiger partial charge in [-0.25, -0.2) is 0 Å². The number of nitrogens with zero attached hydrogens (tertiary/aromatic N) is 2. The van der Waals surface area contributed by atoms with Gasteiger partial charge >= 0.3 is 6.18 Å². The minimum atomic E-state index is -4.88. The summed E-state index contributed by atoms with van der Waals surface area (Å²) >= 11 is 0. The van der Waals surface area contributed by atoms with Crippen LogP contribution in [0.3, 0.4) is 0 Å². The van der Waals surface area contributed by atoms with Crippen molar-refractivity contribution in [2.75, 3.05) is 0 Å². The molecule has 0 saturated carbocycles. The van der Waals surface area contributed by atoms with E-state index in [4.69, 9.17) is 10.5 Å². The van der Waals surface area contributed by atoms with E-state index in [0.717, 1.165) is 18.2 Å². The van der Waals surface area contributed by atoms with E-state index >= 15 is 0 Å². The van der Waals surface area contributed by atoms with Crippen LogP contribution in [0, 0.1) is 22.7 Å². The Labute approximate surface area is 95.3 Å². The highest BCUT2D eigenvalue weighted by molar-refractivity contribution is 5.44. The second-order valence-corrected chi connectivity index (χ2v) is 3.59. The van der Waals surface area contributed by atoms with Crippen LogP contribution in [0.25, 0.3) is 0 Å². The predicted molar refractivity (Wildman–Crippen MR) is 51.5 cm³/mol. The first kappa shape index (κ1) is 13.0. The molecule has 17 heavy (non-hydrogen) atoms. The standard InChI is InChI=1S/C11H7F3N2O/c1-10(17,11(12,13)14)9-3-7(5-15)2-8(4-9)6-16/h2-4,17H,1H3. The lowest BCUT2D eigenvalue weighted by atomic mass is 9.92. The summed E-state index contributed by atoms with van der Waals surface area (Å²) in [6, 6.07) is 6.24. The van der Waals surface area contributed by atoms with Gasteiger partial charge in [0.1, 0.15) is 0 Å². The summed E-state index contributed by atoms with van der Waals surface area (Å²) in [6.07, 6.45) is -4.88. The summed E-state index contributed by atoms with van der Waals surface area (Å²) in [5.41, 5.74) is -3.83. The van der Waals surface area contributed by atoms with E-state index in [9.17, 15) is 18.3 Å². The normalized spacial score (nSPS) is 14.5. The Hall–Kier alpha value is -2.05. The van der Waals surface area contributed by atoms with Crippen molar-refractivity contribution in [1.82, 2.24) is 0 Å². The average molecular weight is 240 g/mol. The van der Waals surface area contributed by atoms with Gasteiger partial charge in [-0.05, 0) is 30.7 Å². The summed E-state index contributed by atoms with van der Waals surface area (Å²) in [7, 11) is 0. The maximum absolute atomic E-state index is 12.6. The molecule has 0 aromatic heterocycles. The molecule has 0 heterocycles. The van der Waals surface area contributed by atoms with Crippen LogP contribution in [-0.4, -0.2) is 11.3 Å². The van der Waals surface area contributed by atoms with Crippen LogP contribution in [0.2, 0.25) is 0 Å². The van der Waals surface area contributed by atoms with E-state index in [1.807, 2.05) is 0 Å². The van der Waals surface area contributed by atoms with Crippen LogP contribution in [0.4, 0.5) is 13.2 Å². The fraction of sp³-hybridized carbons (Fsp3) is 0.273. The molecule has 88 valence electrons. The first-order valence-corrected chi connectivity index (χ1v) is 4.47. The van der Waals surface area contributed by atoms with E-state index in [1.54, 1.807) is 12.1 Å². The number of nitriles is 2. The molecule has 1 aromatic carbocycles. The molecule has 0 saturated heterocycles. The van der Waals surface area contributed by atoms with Gasteiger partial charge in [0, 0.05) is 0 Å². The van der Waals surface area contributed by atoms with E-state index < -0.39 is 17.3 Å². The lowest BCUT2D eigenvalue weighted by Crippen LogP contribution is -2.39. The van der Waals surface area contributed by atoms with E-state index in [0.29, 0.717) is 6.92 Å². The number of benzene rings is 1. The minimum absolute atomic E-state index is 0.108. The number of hydrogen-bond donors (Lipinski definition) is 1. The minimum Gasteiger partial charge on any atom is -0.376 e. The Kier molecular flexibility index (Phi) is 3.12. The van der Waals surface area contributed by atoms with Crippen LogP contribution in [0.5, 0.6) is 0 Å². The lowest BCUT2D eigenvalue weighted by molar-refractivity contribution is -0.258. The van der Waals surface area contributed by atoms with Crippen molar-refractivity contribution in [1.29, 1.82) is 10.5 Å². The van der Waals surface area contributed by atoms with Crippen molar-refractivity contribution in [3.63, 3.8) is 0 Å². The molecule has 6 heteroatoms. The molecule has 3 nitrogen and oxygen atoms in total. The van der Waals surface area contributed by atoms with Crippen LogP contribution in [0.1, 0.15) is 23.6 Å². The van der Waals surface area contributed by atoms with Crippen LogP contribution >= 0.6 is 0 Å². The van der Waals surface area contributed by atoms with Crippen molar-refractivity contribution in [2.45, 2.75) is 18.7 Å². The first-order chi connectivity index (χ1) is 7.72. The number of rotatable bonds is 1. The second-order valence-electron chi connectivity index (χ2n) is 3.59. The number of halogens is 3. The van der Waals surface area contributed by atoms with Gasteiger partial charge < -0.3 is 5.11 Å². The maximum atomic E-state index is 12.6. The Morgan fingerprint density at radius 3 is 1.76 bits per heavy atom. The smallest absolute Gasteiger partial charge is 0.376 e. The van der Waals surface area contributed by atoms with Gasteiger partial charge in [-0.3, -0.25) is 0 Å². The fourth-order valence-electron chi connectivity index (χ4n) is 1.20. The van der Waals surface area contributed by atoms with Gasteiger partial charge in [0.15, 0.2) is 5.60 Å². The molecule has 1 atom stereocenters. The molecule has 0 radical (unpaired) electrons. The molecule has 0 aliphatic rings. The molecule has 0 fully saturated rings. The summed E-state index contributed by atoms with van der Waals surface area (Å²) < 4.78 is 37.7. The molecule has 0 spiro atoms. The Morgan fingerprint density at radius 1 is 1.06 bits per heavy atom. The Balaban J connectivity index is 3.44. The molecular weight excluding hydrogens is 233 g/mol. The molecule has 0 aliphatic carbocycles. The van der Waals surface area contributed by atoms with E-state index in [1.165, 1.54) is 0 Å². The van der Waals surface area contributed by atoms with Crippen molar-refractivity contribution < 1.29 is 18.3 Å². The second kappa shape index (κ2) is 4.08. The topological polar surface area (TPSA) is 67.8 Å². The zero-order valence-corrected chi connectivity index (χ0v) is 8.71. The molecule has 0 bridgehead atoms. The Morgan fingerprint density at radius 2 is 1.47 bits per heavy atom. The molecule has 0 amide bonds. The van der Waals surface area contributed by atoms with Crippen molar-refractivity contribution in [2.24, 2.45) is 0 Å². The zero-order valence-electron chi connectivity index (χ0n) is 8.71. The van der Waals surface area contributed by atoms with Gasteiger partial charge in [0.05, 0.1) is 23.3 Å². The summed E-state index contributed by atoms with van der Waals surface area (Å²) in [5, 5.41) is 26.7. The van der Waals surface area contributed by atoms with Crippen LogP contribution in [0.15, 0.2) is 18.2 Å². The molecule has 1 unspecified atom stereocenters. The summed E-state index contributed by atoms with van der Waals surface area (Å²) in [6.45, 7) is 0.574. The monoisotopic (exact) mass is 240 g/mol. The first-order valence-electron chi connectivity index (χ1n) is 4.47. The fourth-order valence-corrected chi connectivity index (χ4v) is 1.20. The molecule has 1 rings (SSSR count).